The quantitative estimate of drug-likeness (QED) is 0.687. The molecule has 0 spiro atoms. The first-order valence-corrected chi connectivity index (χ1v) is 9.77. The Morgan fingerprint density at radius 2 is 1.48 bits per heavy atom. The van der Waals surface area contributed by atoms with Gasteiger partial charge in [-0.1, -0.05) is 28.1 Å². The smallest absolute Gasteiger partial charge is 0.253 e. The van der Waals surface area contributed by atoms with Crippen molar-refractivity contribution in [3.8, 4) is 0 Å². The number of anilines is 1. The van der Waals surface area contributed by atoms with Crippen molar-refractivity contribution in [3.63, 3.8) is 0 Å². The van der Waals surface area contributed by atoms with Crippen LogP contribution in [0.5, 0.6) is 0 Å². The van der Waals surface area contributed by atoms with Gasteiger partial charge in [0.2, 0.25) is 5.91 Å². The number of benzene rings is 2. The third kappa shape index (κ3) is 2.49. The average molecular weight is 430 g/mol. The number of hydrazine groups is 1. The standard InChI is InChI=1S/C20H17BrFN3O2/c21-13-4-8-15(9-5-13)25-19(26)16-17(12-2-6-14(22)7-3-12)23-10-1-11-24(23)18(16)20(25)27/h2-9,16-18H,1,10-11H2/t16-,17-,18-/m1/s1. The Kier molecular flexibility index (Phi) is 3.93. The largest absolute Gasteiger partial charge is 0.274 e. The first kappa shape index (κ1) is 17.0. The normalized spacial score (nSPS) is 28.1. The number of amides is 2. The fourth-order valence-corrected chi connectivity index (χ4v) is 4.88. The molecular formula is C20H17BrFN3O2. The highest BCUT2D eigenvalue weighted by Gasteiger charge is 2.62. The van der Waals surface area contributed by atoms with Gasteiger partial charge in [-0.15, -0.1) is 0 Å². The molecule has 0 unspecified atom stereocenters. The first-order valence-electron chi connectivity index (χ1n) is 8.98. The Labute approximate surface area is 164 Å². The number of halogens is 2. The maximum Gasteiger partial charge on any atom is 0.253 e. The molecule has 2 aromatic carbocycles. The van der Waals surface area contributed by atoms with Gasteiger partial charge in [0.05, 0.1) is 17.6 Å². The van der Waals surface area contributed by atoms with E-state index in [9.17, 15) is 14.0 Å². The summed E-state index contributed by atoms with van der Waals surface area (Å²) in [6.45, 7) is 1.56. The topological polar surface area (TPSA) is 43.9 Å². The second-order valence-corrected chi connectivity index (χ2v) is 8.05. The van der Waals surface area contributed by atoms with Crippen LogP contribution in [0.25, 0.3) is 0 Å². The summed E-state index contributed by atoms with van der Waals surface area (Å²) < 4.78 is 14.3. The third-order valence-electron chi connectivity index (χ3n) is 5.70. The minimum atomic E-state index is -0.487. The van der Waals surface area contributed by atoms with Crippen LogP contribution < -0.4 is 4.90 Å². The van der Waals surface area contributed by atoms with E-state index in [4.69, 9.17) is 0 Å². The molecule has 5 nitrogen and oxygen atoms in total. The summed E-state index contributed by atoms with van der Waals surface area (Å²) in [4.78, 5) is 27.9. The van der Waals surface area contributed by atoms with E-state index in [0.717, 1.165) is 29.5 Å². The Bertz CT molecular complexity index is 918. The van der Waals surface area contributed by atoms with Gasteiger partial charge in [-0.3, -0.25) is 9.59 Å². The maximum atomic E-state index is 13.4. The van der Waals surface area contributed by atoms with Crippen molar-refractivity contribution in [2.75, 3.05) is 18.0 Å². The van der Waals surface area contributed by atoms with Crippen LogP contribution in [0.2, 0.25) is 0 Å². The van der Waals surface area contributed by atoms with E-state index in [1.807, 2.05) is 17.1 Å². The van der Waals surface area contributed by atoms with Gasteiger partial charge in [0.15, 0.2) is 0 Å². The van der Waals surface area contributed by atoms with Gasteiger partial charge in [-0.2, -0.15) is 0 Å². The molecule has 0 N–H and O–H groups in total. The lowest BCUT2D eigenvalue weighted by molar-refractivity contribution is -0.126. The highest BCUT2D eigenvalue weighted by atomic mass is 79.9. The van der Waals surface area contributed by atoms with Crippen molar-refractivity contribution < 1.29 is 14.0 Å². The summed E-state index contributed by atoms with van der Waals surface area (Å²) in [5.41, 5.74) is 1.46. The number of hydrogen-bond donors (Lipinski definition) is 0. The molecule has 7 heteroatoms. The van der Waals surface area contributed by atoms with Crippen LogP contribution in [0, 0.1) is 11.7 Å². The van der Waals surface area contributed by atoms with Crippen molar-refractivity contribution in [1.29, 1.82) is 0 Å². The number of carbonyl (C=O) groups is 2. The second-order valence-electron chi connectivity index (χ2n) is 7.14. The summed E-state index contributed by atoms with van der Waals surface area (Å²) >= 11 is 3.38. The van der Waals surface area contributed by atoms with E-state index >= 15 is 0 Å². The van der Waals surface area contributed by atoms with Gasteiger partial charge < -0.3 is 0 Å². The fraction of sp³-hybridized carbons (Fsp3) is 0.300. The summed E-state index contributed by atoms with van der Waals surface area (Å²) in [6.07, 6.45) is 0.945. The van der Waals surface area contributed by atoms with Crippen LogP contribution in [-0.4, -0.2) is 41.0 Å². The number of imide groups is 1. The lowest BCUT2D eigenvalue weighted by Crippen LogP contribution is -2.44. The molecule has 3 atom stereocenters. The van der Waals surface area contributed by atoms with Crippen LogP contribution in [0.4, 0.5) is 10.1 Å². The number of nitrogens with zero attached hydrogens (tertiary/aromatic N) is 3. The third-order valence-corrected chi connectivity index (χ3v) is 6.23. The Balaban J connectivity index is 1.57. The molecule has 3 aliphatic rings. The fourth-order valence-electron chi connectivity index (χ4n) is 4.62. The molecule has 3 aliphatic heterocycles. The predicted octanol–water partition coefficient (Wildman–Crippen LogP) is 3.12. The molecule has 3 saturated heterocycles. The van der Waals surface area contributed by atoms with E-state index < -0.39 is 12.0 Å². The van der Waals surface area contributed by atoms with Crippen LogP contribution in [0.1, 0.15) is 18.0 Å². The summed E-state index contributed by atoms with van der Waals surface area (Å²) in [5.74, 6) is -1.15. The van der Waals surface area contributed by atoms with Gasteiger partial charge in [-0.25, -0.2) is 19.3 Å². The van der Waals surface area contributed by atoms with Gasteiger partial charge in [0, 0.05) is 17.6 Å². The van der Waals surface area contributed by atoms with Gasteiger partial charge in [0.25, 0.3) is 5.91 Å². The van der Waals surface area contributed by atoms with Gasteiger partial charge in [-0.05, 0) is 48.4 Å². The molecule has 2 aromatic rings. The van der Waals surface area contributed by atoms with Crippen molar-refractivity contribution in [3.05, 3.63) is 64.4 Å². The summed E-state index contributed by atoms with van der Waals surface area (Å²) in [5, 5.41) is 4.16. The minimum absolute atomic E-state index is 0.177. The molecule has 138 valence electrons. The molecular weight excluding hydrogens is 413 g/mol. The van der Waals surface area contributed by atoms with Gasteiger partial charge >= 0.3 is 0 Å². The number of rotatable bonds is 2. The molecule has 0 radical (unpaired) electrons. The van der Waals surface area contributed by atoms with Crippen molar-refractivity contribution in [2.24, 2.45) is 5.92 Å². The first-order chi connectivity index (χ1) is 13.1. The average Bonchev–Trinajstić information content (AvgIpc) is 3.30. The predicted molar refractivity (Wildman–Crippen MR) is 101 cm³/mol. The van der Waals surface area contributed by atoms with Gasteiger partial charge in [0.1, 0.15) is 11.9 Å². The molecule has 27 heavy (non-hydrogen) atoms. The summed E-state index contributed by atoms with van der Waals surface area (Å²) in [6, 6.07) is 12.7. The monoisotopic (exact) mass is 429 g/mol. The van der Waals surface area contributed by atoms with Crippen molar-refractivity contribution in [2.45, 2.75) is 18.5 Å². The highest BCUT2D eigenvalue weighted by Crippen LogP contribution is 2.48. The van der Waals surface area contributed by atoms with Crippen LogP contribution in [0.3, 0.4) is 0 Å². The Hall–Kier alpha value is -2.09. The van der Waals surface area contributed by atoms with E-state index in [2.05, 4.69) is 20.9 Å². The molecule has 3 heterocycles. The van der Waals surface area contributed by atoms with E-state index in [-0.39, 0.29) is 23.7 Å². The zero-order valence-corrected chi connectivity index (χ0v) is 16.0. The molecule has 2 amide bonds. The number of hydrogen-bond acceptors (Lipinski definition) is 4. The van der Waals surface area contributed by atoms with E-state index in [1.54, 1.807) is 24.3 Å². The summed E-state index contributed by atoms with van der Waals surface area (Å²) in [7, 11) is 0. The molecule has 0 aromatic heterocycles. The highest BCUT2D eigenvalue weighted by molar-refractivity contribution is 9.10. The van der Waals surface area contributed by atoms with Crippen LogP contribution in [0.15, 0.2) is 53.0 Å². The Morgan fingerprint density at radius 1 is 0.852 bits per heavy atom. The van der Waals surface area contributed by atoms with Crippen molar-refractivity contribution in [1.82, 2.24) is 10.0 Å². The molecule has 3 fully saturated rings. The minimum Gasteiger partial charge on any atom is -0.274 e. The maximum absolute atomic E-state index is 13.4. The van der Waals surface area contributed by atoms with E-state index in [0.29, 0.717) is 5.69 Å². The lowest BCUT2D eigenvalue weighted by atomic mass is 9.90. The van der Waals surface area contributed by atoms with Crippen LogP contribution in [-0.2, 0) is 9.59 Å². The lowest BCUT2D eigenvalue weighted by Gasteiger charge is -2.29. The molecule has 0 saturated carbocycles. The van der Waals surface area contributed by atoms with E-state index in [1.165, 1.54) is 17.0 Å². The zero-order valence-electron chi connectivity index (χ0n) is 14.4. The zero-order chi connectivity index (χ0) is 18.7. The van der Waals surface area contributed by atoms with Crippen LogP contribution >= 0.6 is 15.9 Å². The second kappa shape index (κ2) is 6.22. The molecule has 0 bridgehead atoms. The molecule has 5 rings (SSSR count). The van der Waals surface area contributed by atoms with Crippen molar-refractivity contribution >= 4 is 33.4 Å². The number of fused-ring (bicyclic) bond motifs is 3. The molecule has 0 aliphatic carbocycles. The SMILES string of the molecule is O=C1[C@@H]2[C@@H](c3ccc(F)cc3)N3CCCN3[C@H]2C(=O)N1c1ccc(Br)cc1. The number of carbonyl (C=O) groups excluding carboxylic acids is 2. The Morgan fingerprint density at radius 3 is 2.15 bits per heavy atom.